The molecule has 0 spiro atoms. The quantitative estimate of drug-likeness (QED) is 0.200. The van der Waals surface area contributed by atoms with Crippen LogP contribution in [0.3, 0.4) is 0 Å². The van der Waals surface area contributed by atoms with Crippen LogP contribution in [0.5, 0.6) is 0 Å². The molecule has 176 valence electrons. The summed E-state index contributed by atoms with van der Waals surface area (Å²) in [4.78, 5) is 19.3. The average Bonchev–Trinajstić information content (AvgIpc) is 3.40. The zero-order valence-corrected chi connectivity index (χ0v) is 22.0. The first-order chi connectivity index (χ1) is 16.8. The number of fused-ring (bicyclic) bond motifs is 1. The molecular formula is C28H24ClN3OS2. The fourth-order valence-electron chi connectivity index (χ4n) is 3.72. The molecule has 4 aromatic rings. The Balaban J connectivity index is 1.48. The molecule has 0 N–H and O–H groups in total. The third-order valence-electron chi connectivity index (χ3n) is 5.70. The Morgan fingerprint density at radius 1 is 1.00 bits per heavy atom. The molecule has 0 aliphatic carbocycles. The maximum absolute atomic E-state index is 13.6. The molecule has 35 heavy (non-hydrogen) atoms. The number of amides is 1. The molecular weight excluding hydrogens is 494 g/mol. The Kier molecular flexibility index (Phi) is 6.53. The minimum Gasteiger partial charge on any atom is -0.267 e. The minimum absolute atomic E-state index is 0.0698. The first kappa shape index (κ1) is 23.8. The number of rotatable bonds is 5. The highest BCUT2D eigenvalue weighted by Gasteiger charge is 2.33. The van der Waals surface area contributed by atoms with E-state index in [9.17, 15) is 4.79 Å². The highest BCUT2D eigenvalue weighted by molar-refractivity contribution is 8.00. The molecule has 7 heteroatoms. The summed E-state index contributed by atoms with van der Waals surface area (Å²) in [5, 5.41) is 7.46. The lowest BCUT2D eigenvalue weighted by atomic mass is 9.86. The van der Waals surface area contributed by atoms with E-state index in [1.54, 1.807) is 11.8 Å². The number of thioether (sulfide) groups is 1. The fourth-order valence-corrected chi connectivity index (χ4v) is 5.60. The Bertz CT molecular complexity index is 1420. The number of anilines is 1. The topological polar surface area (TPSA) is 45.6 Å². The third-order valence-corrected chi connectivity index (χ3v) is 7.98. The number of benzene rings is 3. The molecule has 1 aliphatic heterocycles. The normalized spacial score (nSPS) is 15.3. The largest absolute Gasteiger partial charge is 0.282 e. The van der Waals surface area contributed by atoms with Crippen LogP contribution in [-0.4, -0.2) is 22.4 Å². The summed E-state index contributed by atoms with van der Waals surface area (Å²) in [7, 11) is 0. The van der Waals surface area contributed by atoms with E-state index < -0.39 is 0 Å². The second-order valence-corrected chi connectivity index (χ2v) is 11.8. The van der Waals surface area contributed by atoms with Crippen molar-refractivity contribution in [2.75, 3.05) is 10.8 Å². The molecule has 0 saturated heterocycles. The predicted molar refractivity (Wildman–Crippen MR) is 150 cm³/mol. The fraction of sp³-hybridized carbons (Fsp3) is 0.179. The zero-order valence-electron chi connectivity index (χ0n) is 19.7. The van der Waals surface area contributed by atoms with Crippen LogP contribution in [-0.2, 0) is 10.2 Å². The van der Waals surface area contributed by atoms with Crippen LogP contribution >= 0.6 is 34.7 Å². The summed E-state index contributed by atoms with van der Waals surface area (Å²) in [6.45, 7) is 6.57. The van der Waals surface area contributed by atoms with Gasteiger partial charge in [-0.2, -0.15) is 10.1 Å². The third kappa shape index (κ3) is 5.20. The number of hydrogen-bond acceptors (Lipinski definition) is 5. The van der Waals surface area contributed by atoms with Crippen LogP contribution in [0.1, 0.15) is 31.9 Å². The number of para-hydroxylation sites is 1. The van der Waals surface area contributed by atoms with Gasteiger partial charge in [-0.1, -0.05) is 80.1 Å². The summed E-state index contributed by atoms with van der Waals surface area (Å²) in [6.07, 6.45) is 1.93. The maximum Gasteiger partial charge on any atom is 0.282 e. The summed E-state index contributed by atoms with van der Waals surface area (Å²) in [6, 6.07) is 23.9. The van der Waals surface area contributed by atoms with E-state index in [1.165, 1.54) is 21.9 Å². The van der Waals surface area contributed by atoms with Crippen molar-refractivity contribution in [1.29, 1.82) is 0 Å². The number of carbonyl (C=O) groups excluding carboxylic acids is 1. The monoisotopic (exact) mass is 517 g/mol. The van der Waals surface area contributed by atoms with Crippen molar-refractivity contribution in [2.45, 2.75) is 31.1 Å². The van der Waals surface area contributed by atoms with Gasteiger partial charge < -0.3 is 0 Å². The average molecular weight is 518 g/mol. The number of thiazole rings is 1. The number of aromatic nitrogens is 1. The smallest absolute Gasteiger partial charge is 0.267 e. The van der Waals surface area contributed by atoms with Crippen molar-refractivity contribution >= 4 is 67.7 Å². The van der Waals surface area contributed by atoms with Crippen LogP contribution in [0.4, 0.5) is 5.13 Å². The van der Waals surface area contributed by atoms with Gasteiger partial charge in [0.2, 0.25) is 5.13 Å². The lowest BCUT2D eigenvalue weighted by Crippen LogP contribution is -2.21. The number of carbonyl (C=O) groups is 1. The molecule has 0 saturated carbocycles. The van der Waals surface area contributed by atoms with E-state index in [1.807, 2.05) is 54.6 Å². The van der Waals surface area contributed by atoms with Gasteiger partial charge in [0.05, 0.1) is 21.5 Å². The van der Waals surface area contributed by atoms with E-state index in [2.05, 4.69) is 50.0 Å². The van der Waals surface area contributed by atoms with Gasteiger partial charge in [-0.05, 0) is 59.0 Å². The van der Waals surface area contributed by atoms with Crippen LogP contribution in [0.25, 0.3) is 16.3 Å². The molecule has 3 aromatic carbocycles. The highest BCUT2D eigenvalue weighted by Crippen LogP contribution is 2.34. The molecule has 0 bridgehead atoms. The summed E-state index contributed by atoms with van der Waals surface area (Å²) in [5.74, 6) is 0.399. The van der Waals surface area contributed by atoms with Crippen molar-refractivity contribution in [3.05, 3.63) is 94.5 Å². The second-order valence-electron chi connectivity index (χ2n) is 9.30. The summed E-state index contributed by atoms with van der Waals surface area (Å²) in [5.41, 5.74) is 4.48. The van der Waals surface area contributed by atoms with E-state index in [4.69, 9.17) is 16.7 Å². The molecule has 5 rings (SSSR count). The number of halogens is 1. The van der Waals surface area contributed by atoms with Gasteiger partial charge in [0.1, 0.15) is 0 Å². The Morgan fingerprint density at radius 3 is 2.40 bits per heavy atom. The van der Waals surface area contributed by atoms with Gasteiger partial charge in [0, 0.05) is 15.7 Å². The molecule has 0 fully saturated rings. The van der Waals surface area contributed by atoms with Gasteiger partial charge >= 0.3 is 0 Å². The van der Waals surface area contributed by atoms with E-state index in [0.717, 1.165) is 26.4 Å². The molecule has 0 unspecified atom stereocenters. The van der Waals surface area contributed by atoms with Gasteiger partial charge in [-0.15, -0.1) is 11.8 Å². The maximum atomic E-state index is 13.6. The molecule has 0 radical (unpaired) electrons. The molecule has 2 heterocycles. The Labute approximate surface area is 218 Å². The van der Waals surface area contributed by atoms with Crippen LogP contribution < -0.4 is 5.01 Å². The molecule has 1 aromatic heterocycles. The minimum atomic E-state index is -0.157. The summed E-state index contributed by atoms with van der Waals surface area (Å²) >= 11 is 9.12. The van der Waals surface area contributed by atoms with Gasteiger partial charge in [-0.25, -0.2) is 4.98 Å². The van der Waals surface area contributed by atoms with Crippen molar-refractivity contribution in [3.63, 3.8) is 0 Å². The van der Waals surface area contributed by atoms with E-state index >= 15 is 0 Å². The van der Waals surface area contributed by atoms with E-state index in [0.29, 0.717) is 21.5 Å². The number of hydrogen-bond donors (Lipinski definition) is 0. The van der Waals surface area contributed by atoms with Crippen molar-refractivity contribution in [3.8, 4) is 0 Å². The van der Waals surface area contributed by atoms with Gasteiger partial charge in [0.15, 0.2) is 0 Å². The van der Waals surface area contributed by atoms with Gasteiger partial charge in [-0.3, -0.25) is 4.79 Å². The number of hydrazone groups is 1. The summed E-state index contributed by atoms with van der Waals surface area (Å²) < 4.78 is 1.03. The zero-order chi connectivity index (χ0) is 24.6. The molecule has 1 amide bonds. The Morgan fingerprint density at radius 2 is 1.71 bits per heavy atom. The molecule has 1 aliphatic rings. The predicted octanol–water partition coefficient (Wildman–Crippen LogP) is 7.83. The van der Waals surface area contributed by atoms with E-state index in [-0.39, 0.29) is 11.3 Å². The first-order valence-electron chi connectivity index (χ1n) is 11.3. The molecule has 0 atom stereocenters. The second kappa shape index (κ2) is 9.61. The van der Waals surface area contributed by atoms with Crippen LogP contribution in [0, 0.1) is 0 Å². The molecule has 4 nitrogen and oxygen atoms in total. The van der Waals surface area contributed by atoms with Crippen molar-refractivity contribution in [2.24, 2.45) is 5.10 Å². The Hall–Kier alpha value is -2.93. The number of nitrogens with zero attached hydrogens (tertiary/aromatic N) is 3. The lowest BCUT2D eigenvalue weighted by molar-refractivity contribution is -0.114. The van der Waals surface area contributed by atoms with Crippen LogP contribution in [0.15, 0.2) is 88.4 Å². The highest BCUT2D eigenvalue weighted by atomic mass is 35.5. The van der Waals surface area contributed by atoms with Crippen molar-refractivity contribution in [1.82, 2.24) is 4.98 Å². The van der Waals surface area contributed by atoms with Crippen LogP contribution in [0.2, 0.25) is 5.02 Å². The van der Waals surface area contributed by atoms with Gasteiger partial charge in [0.25, 0.3) is 5.91 Å². The standard InChI is InChI=1S/C28H24ClN3OS2/c1-28(2,3)19-10-8-18(9-11-19)16-22-24(17-34-21-14-12-20(29)13-15-21)31-32(26(22)33)27-30-23-6-4-5-7-25(23)35-27/h4-16H,17H2,1-3H3. The van der Waals surface area contributed by atoms with Crippen molar-refractivity contribution < 1.29 is 4.79 Å². The first-order valence-corrected chi connectivity index (χ1v) is 13.4. The lowest BCUT2D eigenvalue weighted by Gasteiger charge is -2.18. The SMILES string of the molecule is CC(C)(C)c1ccc(C=C2C(=O)N(c3nc4ccccc4s3)N=C2CSc2ccc(Cl)cc2)cc1.